The van der Waals surface area contributed by atoms with Crippen molar-refractivity contribution in [2.24, 2.45) is 14.1 Å². The first kappa shape index (κ1) is 14.6. The summed E-state index contributed by atoms with van der Waals surface area (Å²) in [7, 11) is 3.79. The van der Waals surface area contributed by atoms with Gasteiger partial charge in [-0.3, -0.25) is 9.36 Å². The van der Waals surface area contributed by atoms with Gasteiger partial charge >= 0.3 is 0 Å². The molecule has 1 aromatic carbocycles. The molecule has 0 aliphatic carbocycles. The van der Waals surface area contributed by atoms with E-state index in [2.05, 4.69) is 37.7 Å². The molecular formula is C18H16N8. The van der Waals surface area contributed by atoms with E-state index in [9.17, 15) is 0 Å². The maximum Gasteiger partial charge on any atom is 0.247 e. The Bertz CT molecular complexity index is 1240. The molecule has 26 heavy (non-hydrogen) atoms. The second-order valence-electron chi connectivity index (χ2n) is 6.22. The smallest absolute Gasteiger partial charge is 0.247 e. The summed E-state index contributed by atoms with van der Waals surface area (Å²) >= 11 is 0. The van der Waals surface area contributed by atoms with Crippen LogP contribution in [0.5, 0.6) is 0 Å². The number of aryl methyl sites for hydroxylation is 2. The molecule has 0 aliphatic rings. The number of hydrogen-bond acceptors (Lipinski definition) is 5. The van der Waals surface area contributed by atoms with E-state index in [1.165, 1.54) is 0 Å². The van der Waals surface area contributed by atoms with E-state index in [0.29, 0.717) is 5.95 Å². The van der Waals surface area contributed by atoms with E-state index in [4.69, 9.17) is 0 Å². The topological polar surface area (TPSA) is 77.9 Å². The van der Waals surface area contributed by atoms with Crippen molar-refractivity contribution in [2.45, 2.75) is 0 Å². The summed E-state index contributed by atoms with van der Waals surface area (Å²) in [6.07, 6.45) is 5.63. The van der Waals surface area contributed by atoms with Gasteiger partial charge in [-0.1, -0.05) is 12.1 Å². The Balaban J connectivity index is 1.60. The van der Waals surface area contributed by atoms with Gasteiger partial charge in [0.1, 0.15) is 0 Å². The number of nitrogens with zero attached hydrogens (tertiary/aromatic N) is 7. The molecule has 0 unspecified atom stereocenters. The Hall–Kier alpha value is -3.68. The van der Waals surface area contributed by atoms with Crippen LogP contribution in [0.2, 0.25) is 0 Å². The fourth-order valence-corrected chi connectivity index (χ4v) is 3.10. The molecule has 0 saturated heterocycles. The molecule has 5 rings (SSSR count). The van der Waals surface area contributed by atoms with Crippen LogP contribution in [0, 0.1) is 0 Å². The van der Waals surface area contributed by atoms with E-state index in [0.717, 1.165) is 33.5 Å². The largest absolute Gasteiger partial charge is 0.320 e. The van der Waals surface area contributed by atoms with E-state index in [1.807, 2.05) is 60.0 Å². The maximum absolute atomic E-state index is 4.62. The lowest BCUT2D eigenvalue weighted by Crippen LogP contribution is -1.95. The van der Waals surface area contributed by atoms with Crippen LogP contribution in [0.25, 0.3) is 27.8 Å². The van der Waals surface area contributed by atoms with Crippen LogP contribution in [0.15, 0.2) is 55.0 Å². The molecule has 0 atom stereocenters. The fraction of sp³-hybridized carbons (Fsp3) is 0.111. The highest BCUT2D eigenvalue weighted by molar-refractivity contribution is 5.83. The number of fused-ring (bicyclic) bond motifs is 2. The molecule has 0 amide bonds. The van der Waals surface area contributed by atoms with Crippen molar-refractivity contribution >= 4 is 28.2 Å². The summed E-state index contributed by atoms with van der Waals surface area (Å²) in [4.78, 5) is 4.56. The Morgan fingerprint density at radius 2 is 1.88 bits per heavy atom. The van der Waals surface area contributed by atoms with Gasteiger partial charge in [0, 0.05) is 37.4 Å². The molecule has 0 fully saturated rings. The van der Waals surface area contributed by atoms with E-state index in [1.54, 1.807) is 10.9 Å². The van der Waals surface area contributed by atoms with Gasteiger partial charge in [-0.05, 0) is 24.3 Å². The average molecular weight is 344 g/mol. The molecule has 5 aromatic rings. The zero-order valence-corrected chi connectivity index (χ0v) is 14.3. The molecule has 8 nitrogen and oxygen atoms in total. The second kappa shape index (κ2) is 5.41. The van der Waals surface area contributed by atoms with Crippen molar-refractivity contribution in [3.05, 3.63) is 55.0 Å². The zero-order valence-electron chi connectivity index (χ0n) is 14.3. The van der Waals surface area contributed by atoms with Gasteiger partial charge in [0.2, 0.25) is 5.95 Å². The highest BCUT2D eigenvalue weighted by Crippen LogP contribution is 2.25. The molecule has 1 N–H and O–H groups in total. The molecule has 0 spiro atoms. The van der Waals surface area contributed by atoms with Crippen LogP contribution in [-0.2, 0) is 14.1 Å². The minimum atomic E-state index is 0.535. The van der Waals surface area contributed by atoms with Crippen LogP contribution in [0.1, 0.15) is 0 Å². The minimum absolute atomic E-state index is 0.535. The van der Waals surface area contributed by atoms with Gasteiger partial charge in [0.05, 0.1) is 23.1 Å². The van der Waals surface area contributed by atoms with Gasteiger partial charge in [-0.15, -0.1) is 5.10 Å². The van der Waals surface area contributed by atoms with Crippen molar-refractivity contribution in [2.75, 3.05) is 5.32 Å². The van der Waals surface area contributed by atoms with Crippen molar-refractivity contribution in [3.8, 4) is 11.3 Å². The monoisotopic (exact) mass is 344 g/mol. The normalized spacial score (nSPS) is 11.5. The molecule has 0 aliphatic heterocycles. The Morgan fingerprint density at radius 3 is 2.73 bits per heavy atom. The fourth-order valence-electron chi connectivity index (χ4n) is 3.10. The third kappa shape index (κ3) is 2.39. The average Bonchev–Trinajstić information content (AvgIpc) is 3.31. The van der Waals surface area contributed by atoms with Crippen LogP contribution in [-0.4, -0.2) is 34.2 Å². The number of hydrogen-bond donors (Lipinski definition) is 1. The standard InChI is InChI=1S/C18H16N8/c1-24-11-14(9-19-24)20-18-21-17-5-3-4-16(26(17)23-18)12-6-7-15-13(8-12)10-25(2)22-15/h3-11H,1-2H3,(H,20,23). The lowest BCUT2D eigenvalue weighted by atomic mass is 10.1. The number of nitrogens with one attached hydrogen (secondary N) is 1. The van der Waals surface area contributed by atoms with E-state index in [-0.39, 0.29) is 0 Å². The van der Waals surface area contributed by atoms with Gasteiger partial charge in [-0.25, -0.2) is 4.52 Å². The van der Waals surface area contributed by atoms with Gasteiger partial charge < -0.3 is 5.32 Å². The number of pyridine rings is 1. The highest BCUT2D eigenvalue weighted by Gasteiger charge is 2.10. The van der Waals surface area contributed by atoms with E-state index >= 15 is 0 Å². The molecule has 4 aromatic heterocycles. The van der Waals surface area contributed by atoms with Gasteiger partial charge in [0.25, 0.3) is 0 Å². The summed E-state index contributed by atoms with van der Waals surface area (Å²) in [5.41, 5.74) is 4.64. The molecule has 128 valence electrons. The molecule has 0 saturated carbocycles. The Labute approximate surface area is 148 Å². The predicted molar refractivity (Wildman–Crippen MR) is 99.2 cm³/mol. The summed E-state index contributed by atoms with van der Waals surface area (Å²) in [5, 5.41) is 17.5. The summed E-state index contributed by atoms with van der Waals surface area (Å²) in [6.45, 7) is 0. The summed E-state index contributed by atoms with van der Waals surface area (Å²) < 4.78 is 5.39. The van der Waals surface area contributed by atoms with Crippen LogP contribution >= 0.6 is 0 Å². The third-order valence-corrected chi connectivity index (χ3v) is 4.24. The number of benzene rings is 1. The first-order chi connectivity index (χ1) is 12.7. The minimum Gasteiger partial charge on any atom is -0.320 e. The predicted octanol–water partition coefficient (Wildman–Crippen LogP) is 2.76. The Morgan fingerprint density at radius 1 is 0.962 bits per heavy atom. The summed E-state index contributed by atoms with van der Waals surface area (Å²) in [5.74, 6) is 0.535. The van der Waals surface area contributed by atoms with Crippen molar-refractivity contribution < 1.29 is 0 Å². The first-order valence-corrected chi connectivity index (χ1v) is 8.21. The quantitative estimate of drug-likeness (QED) is 0.544. The van der Waals surface area contributed by atoms with Crippen molar-refractivity contribution in [1.29, 1.82) is 0 Å². The number of rotatable bonds is 3. The molecule has 0 bridgehead atoms. The lowest BCUT2D eigenvalue weighted by molar-refractivity contribution is 0.768. The van der Waals surface area contributed by atoms with Crippen LogP contribution in [0.3, 0.4) is 0 Å². The van der Waals surface area contributed by atoms with Crippen molar-refractivity contribution in [1.82, 2.24) is 34.2 Å². The number of anilines is 2. The molecule has 0 radical (unpaired) electrons. The summed E-state index contributed by atoms with van der Waals surface area (Å²) in [6, 6.07) is 12.2. The zero-order chi connectivity index (χ0) is 17.7. The third-order valence-electron chi connectivity index (χ3n) is 4.24. The SMILES string of the molecule is Cn1cc(Nc2nc3cccc(-c4ccc5nn(C)cc5c4)n3n2)cn1. The van der Waals surface area contributed by atoms with E-state index < -0.39 is 0 Å². The number of aromatic nitrogens is 7. The highest BCUT2D eigenvalue weighted by atomic mass is 15.4. The van der Waals surface area contributed by atoms with Gasteiger partial charge in [0.15, 0.2) is 5.65 Å². The molecule has 8 heteroatoms. The van der Waals surface area contributed by atoms with Crippen molar-refractivity contribution in [3.63, 3.8) is 0 Å². The second-order valence-corrected chi connectivity index (χ2v) is 6.22. The lowest BCUT2D eigenvalue weighted by Gasteiger charge is -2.04. The first-order valence-electron chi connectivity index (χ1n) is 8.21. The molecule has 4 heterocycles. The maximum atomic E-state index is 4.62. The Kier molecular flexibility index (Phi) is 3.05. The van der Waals surface area contributed by atoms with Crippen LogP contribution < -0.4 is 5.32 Å². The van der Waals surface area contributed by atoms with Crippen LogP contribution in [0.4, 0.5) is 11.6 Å². The van der Waals surface area contributed by atoms with Gasteiger partial charge in [-0.2, -0.15) is 15.2 Å². The molecular weight excluding hydrogens is 328 g/mol.